The Hall–Kier alpha value is -1.30. The average Bonchev–Trinajstić information content (AvgIpc) is 3.01. The SMILES string of the molecule is FC(F)(F)c1ccnc(N2CCCCC2C2CCCN2)c1. The van der Waals surface area contributed by atoms with Crippen molar-refractivity contribution in [1.82, 2.24) is 10.3 Å². The molecule has 6 heteroatoms. The number of rotatable bonds is 2. The number of anilines is 1. The number of pyridine rings is 1. The highest BCUT2D eigenvalue weighted by atomic mass is 19.4. The number of nitrogens with zero attached hydrogens (tertiary/aromatic N) is 2. The van der Waals surface area contributed by atoms with Gasteiger partial charge in [-0.25, -0.2) is 4.98 Å². The van der Waals surface area contributed by atoms with Gasteiger partial charge in [0.05, 0.1) is 5.56 Å². The standard InChI is InChI=1S/C15H20F3N3/c16-15(17,18)11-6-8-20-14(10-11)21-9-2-1-5-13(21)12-4-3-7-19-12/h6,8,10,12-13,19H,1-5,7,9H2. The van der Waals surface area contributed by atoms with Gasteiger partial charge in [-0.15, -0.1) is 0 Å². The van der Waals surface area contributed by atoms with Crippen LogP contribution in [-0.4, -0.2) is 30.2 Å². The van der Waals surface area contributed by atoms with E-state index in [0.717, 1.165) is 51.3 Å². The van der Waals surface area contributed by atoms with Crippen LogP contribution in [0.25, 0.3) is 0 Å². The lowest BCUT2D eigenvalue weighted by atomic mass is 9.94. The molecule has 3 rings (SSSR count). The molecule has 2 aliphatic heterocycles. The Balaban J connectivity index is 1.86. The average molecular weight is 299 g/mol. The third-order valence-electron chi connectivity index (χ3n) is 4.48. The van der Waals surface area contributed by atoms with Crippen LogP contribution in [0, 0.1) is 0 Å². The molecule has 1 N–H and O–H groups in total. The summed E-state index contributed by atoms with van der Waals surface area (Å²) in [5, 5.41) is 3.48. The molecule has 0 radical (unpaired) electrons. The Morgan fingerprint density at radius 2 is 2.05 bits per heavy atom. The van der Waals surface area contributed by atoms with Crippen molar-refractivity contribution in [1.29, 1.82) is 0 Å². The number of nitrogens with one attached hydrogen (secondary N) is 1. The maximum Gasteiger partial charge on any atom is 0.416 e. The number of alkyl halides is 3. The first-order valence-electron chi connectivity index (χ1n) is 7.59. The summed E-state index contributed by atoms with van der Waals surface area (Å²) in [7, 11) is 0. The van der Waals surface area contributed by atoms with Crippen molar-refractivity contribution in [3.63, 3.8) is 0 Å². The Morgan fingerprint density at radius 3 is 2.76 bits per heavy atom. The van der Waals surface area contributed by atoms with Gasteiger partial charge in [0.15, 0.2) is 0 Å². The van der Waals surface area contributed by atoms with E-state index in [4.69, 9.17) is 0 Å². The second-order valence-electron chi connectivity index (χ2n) is 5.86. The Labute approximate surface area is 122 Å². The third kappa shape index (κ3) is 3.15. The van der Waals surface area contributed by atoms with Gasteiger partial charge in [-0.05, 0) is 50.8 Å². The summed E-state index contributed by atoms with van der Waals surface area (Å²) in [6.07, 6.45) is 2.38. The van der Waals surface area contributed by atoms with E-state index < -0.39 is 11.7 Å². The fourth-order valence-electron chi connectivity index (χ4n) is 3.45. The topological polar surface area (TPSA) is 28.2 Å². The van der Waals surface area contributed by atoms with Crippen LogP contribution in [0.2, 0.25) is 0 Å². The Bertz CT molecular complexity index is 483. The molecule has 1 aromatic heterocycles. The minimum Gasteiger partial charge on any atom is -0.352 e. The van der Waals surface area contributed by atoms with Gasteiger partial charge in [0.25, 0.3) is 0 Å². The van der Waals surface area contributed by atoms with Crippen molar-refractivity contribution in [3.8, 4) is 0 Å². The van der Waals surface area contributed by atoms with Gasteiger partial charge in [-0.1, -0.05) is 0 Å². The van der Waals surface area contributed by atoms with E-state index >= 15 is 0 Å². The smallest absolute Gasteiger partial charge is 0.352 e. The van der Waals surface area contributed by atoms with Gasteiger partial charge in [-0.2, -0.15) is 13.2 Å². The van der Waals surface area contributed by atoms with Gasteiger partial charge in [0, 0.05) is 24.8 Å². The zero-order chi connectivity index (χ0) is 14.9. The molecule has 1 aromatic rings. The van der Waals surface area contributed by atoms with Crippen molar-refractivity contribution in [2.75, 3.05) is 18.0 Å². The highest BCUT2D eigenvalue weighted by Crippen LogP contribution is 2.33. The molecule has 3 nitrogen and oxygen atoms in total. The van der Waals surface area contributed by atoms with Crippen LogP contribution < -0.4 is 10.2 Å². The van der Waals surface area contributed by atoms with Crippen molar-refractivity contribution < 1.29 is 13.2 Å². The molecule has 116 valence electrons. The number of aromatic nitrogens is 1. The van der Waals surface area contributed by atoms with Crippen molar-refractivity contribution in [2.24, 2.45) is 0 Å². The van der Waals surface area contributed by atoms with Gasteiger partial charge in [0.1, 0.15) is 5.82 Å². The highest BCUT2D eigenvalue weighted by molar-refractivity contribution is 5.44. The summed E-state index contributed by atoms with van der Waals surface area (Å²) in [6.45, 7) is 1.79. The van der Waals surface area contributed by atoms with Crippen LogP contribution in [0.4, 0.5) is 19.0 Å². The second kappa shape index (κ2) is 5.83. The van der Waals surface area contributed by atoms with E-state index in [1.807, 2.05) is 0 Å². The summed E-state index contributed by atoms with van der Waals surface area (Å²) in [5.74, 6) is 0.461. The first-order valence-corrected chi connectivity index (χ1v) is 7.59. The minimum atomic E-state index is -4.31. The summed E-state index contributed by atoms with van der Waals surface area (Å²) >= 11 is 0. The molecule has 0 aliphatic carbocycles. The molecule has 0 saturated carbocycles. The Kier molecular flexibility index (Phi) is 4.06. The van der Waals surface area contributed by atoms with Crippen LogP contribution in [-0.2, 0) is 6.18 Å². The first kappa shape index (κ1) is 14.6. The van der Waals surface area contributed by atoms with E-state index in [0.29, 0.717) is 11.9 Å². The molecular formula is C15H20F3N3. The minimum absolute atomic E-state index is 0.261. The molecule has 0 bridgehead atoms. The fraction of sp³-hybridized carbons (Fsp3) is 0.667. The van der Waals surface area contributed by atoms with Crippen LogP contribution >= 0.6 is 0 Å². The first-order chi connectivity index (χ1) is 10.1. The quantitative estimate of drug-likeness (QED) is 0.909. The lowest BCUT2D eigenvalue weighted by molar-refractivity contribution is -0.137. The predicted octanol–water partition coefficient (Wildman–Crippen LogP) is 3.21. The van der Waals surface area contributed by atoms with Crippen molar-refractivity contribution >= 4 is 5.82 Å². The molecule has 2 atom stereocenters. The van der Waals surface area contributed by atoms with Crippen LogP contribution in [0.15, 0.2) is 18.3 Å². The predicted molar refractivity (Wildman–Crippen MR) is 75.2 cm³/mol. The number of hydrogen-bond acceptors (Lipinski definition) is 3. The zero-order valence-corrected chi connectivity index (χ0v) is 11.9. The molecule has 2 fully saturated rings. The van der Waals surface area contributed by atoms with E-state index in [9.17, 15) is 13.2 Å². The number of piperidine rings is 1. The molecular weight excluding hydrogens is 279 g/mol. The molecule has 0 aromatic carbocycles. The molecule has 2 saturated heterocycles. The lowest BCUT2D eigenvalue weighted by Crippen LogP contribution is -2.50. The van der Waals surface area contributed by atoms with Crippen molar-refractivity contribution in [2.45, 2.75) is 50.4 Å². The van der Waals surface area contributed by atoms with Gasteiger partial charge >= 0.3 is 6.18 Å². The molecule has 2 unspecified atom stereocenters. The van der Waals surface area contributed by atoms with E-state index in [-0.39, 0.29) is 6.04 Å². The Morgan fingerprint density at radius 1 is 1.19 bits per heavy atom. The molecule has 0 spiro atoms. The van der Waals surface area contributed by atoms with Gasteiger partial charge in [-0.3, -0.25) is 0 Å². The van der Waals surface area contributed by atoms with Crippen LogP contribution in [0.5, 0.6) is 0 Å². The third-order valence-corrected chi connectivity index (χ3v) is 4.48. The van der Waals surface area contributed by atoms with E-state index in [2.05, 4.69) is 15.2 Å². The summed E-state index contributed by atoms with van der Waals surface area (Å²) in [4.78, 5) is 6.27. The highest BCUT2D eigenvalue weighted by Gasteiger charge is 2.35. The molecule has 21 heavy (non-hydrogen) atoms. The summed E-state index contributed by atoms with van der Waals surface area (Å²) in [6, 6.07) is 2.86. The van der Waals surface area contributed by atoms with Crippen LogP contribution in [0.3, 0.4) is 0 Å². The zero-order valence-electron chi connectivity index (χ0n) is 11.9. The lowest BCUT2D eigenvalue weighted by Gasteiger charge is -2.40. The molecule has 3 heterocycles. The van der Waals surface area contributed by atoms with Crippen molar-refractivity contribution in [3.05, 3.63) is 23.9 Å². The summed E-state index contributed by atoms with van der Waals surface area (Å²) < 4.78 is 38.6. The van der Waals surface area contributed by atoms with Gasteiger partial charge in [0.2, 0.25) is 0 Å². The summed E-state index contributed by atoms with van der Waals surface area (Å²) in [5.41, 5.74) is -0.615. The number of halogens is 3. The van der Waals surface area contributed by atoms with Gasteiger partial charge < -0.3 is 10.2 Å². The molecule has 2 aliphatic rings. The molecule has 0 amide bonds. The monoisotopic (exact) mass is 299 g/mol. The normalized spacial score (nSPS) is 27.1. The maximum absolute atomic E-state index is 12.9. The van der Waals surface area contributed by atoms with Crippen LogP contribution in [0.1, 0.15) is 37.7 Å². The van der Waals surface area contributed by atoms with E-state index in [1.165, 1.54) is 12.3 Å². The number of hydrogen-bond donors (Lipinski definition) is 1. The second-order valence-corrected chi connectivity index (χ2v) is 5.86. The largest absolute Gasteiger partial charge is 0.416 e. The van der Waals surface area contributed by atoms with E-state index in [1.54, 1.807) is 0 Å². The maximum atomic E-state index is 12.9. The fourth-order valence-corrected chi connectivity index (χ4v) is 3.45.